The van der Waals surface area contributed by atoms with E-state index in [2.05, 4.69) is 42.6 Å². The average molecular weight is 260 g/mol. The van der Waals surface area contributed by atoms with Crippen LogP contribution in [0, 0.1) is 16.7 Å². The van der Waals surface area contributed by atoms with Crippen molar-refractivity contribution in [2.75, 3.05) is 12.8 Å². The third-order valence-electron chi connectivity index (χ3n) is 3.83. The molecule has 0 radical (unpaired) electrons. The Balaban J connectivity index is 2.20. The topological polar surface area (TPSA) is 35.8 Å². The summed E-state index contributed by atoms with van der Waals surface area (Å²) >= 11 is 1.85. The maximum Gasteiger partial charge on any atom is 0.0768 e. The lowest BCUT2D eigenvalue weighted by Crippen LogP contribution is -2.40. The van der Waals surface area contributed by atoms with Gasteiger partial charge in [-0.3, -0.25) is 0 Å². The van der Waals surface area contributed by atoms with Crippen LogP contribution in [0.4, 0.5) is 0 Å². The molecule has 1 aromatic carbocycles. The number of hydrogen-bond acceptors (Lipinski definition) is 3. The zero-order valence-corrected chi connectivity index (χ0v) is 11.9. The van der Waals surface area contributed by atoms with Gasteiger partial charge in [0.1, 0.15) is 0 Å². The van der Waals surface area contributed by atoms with Gasteiger partial charge in [0.05, 0.1) is 17.5 Å². The fraction of sp³-hybridized carbons (Fsp3) is 0.533. The molecular formula is C15H20N2S. The van der Waals surface area contributed by atoms with Crippen LogP contribution in [0.3, 0.4) is 0 Å². The lowest BCUT2D eigenvalue weighted by molar-refractivity contribution is 0.149. The predicted octanol–water partition coefficient (Wildman–Crippen LogP) is 3.75. The first-order chi connectivity index (χ1) is 8.75. The van der Waals surface area contributed by atoms with Gasteiger partial charge in [-0.15, -0.1) is 11.8 Å². The minimum Gasteiger partial charge on any atom is -0.312 e. The molecule has 0 bridgehead atoms. The van der Waals surface area contributed by atoms with Gasteiger partial charge in [-0.25, -0.2) is 0 Å². The van der Waals surface area contributed by atoms with E-state index in [0.717, 1.165) is 18.6 Å². The Hall–Kier alpha value is -0.980. The third kappa shape index (κ3) is 2.41. The first kappa shape index (κ1) is 13.5. The number of hydrogen-bond donors (Lipinski definition) is 1. The Morgan fingerprint density at radius 1 is 1.39 bits per heavy atom. The number of nitriles is 1. The van der Waals surface area contributed by atoms with Crippen LogP contribution in [0.25, 0.3) is 0 Å². The van der Waals surface area contributed by atoms with Gasteiger partial charge >= 0.3 is 0 Å². The molecule has 1 atom stereocenters. The van der Waals surface area contributed by atoms with E-state index < -0.39 is 0 Å². The monoisotopic (exact) mass is 260 g/mol. The third-order valence-corrected chi connectivity index (χ3v) is 4.73. The maximum atomic E-state index is 9.44. The molecule has 1 aliphatic rings. The summed E-state index contributed by atoms with van der Waals surface area (Å²) in [5.74, 6) is 1.09. The molecule has 0 aliphatic heterocycles. The van der Waals surface area contributed by atoms with E-state index in [1.54, 1.807) is 0 Å². The Morgan fingerprint density at radius 3 is 2.44 bits per heavy atom. The smallest absolute Gasteiger partial charge is 0.0768 e. The molecule has 1 aliphatic carbocycles. The number of benzene rings is 1. The summed E-state index contributed by atoms with van der Waals surface area (Å²) in [5, 5.41) is 12.8. The molecule has 2 nitrogen and oxygen atoms in total. The van der Waals surface area contributed by atoms with Gasteiger partial charge in [-0.1, -0.05) is 25.5 Å². The van der Waals surface area contributed by atoms with Crippen LogP contribution in [0.2, 0.25) is 0 Å². The summed E-state index contributed by atoms with van der Waals surface area (Å²) in [4.78, 5) is 1.30. The van der Waals surface area contributed by atoms with Crippen LogP contribution in [0.1, 0.15) is 37.8 Å². The number of thioether (sulfide) groups is 1. The quantitative estimate of drug-likeness (QED) is 0.819. The molecule has 1 saturated carbocycles. The first-order valence-corrected chi connectivity index (χ1v) is 7.55. The van der Waals surface area contributed by atoms with Crippen LogP contribution in [-0.2, 0) is 0 Å². The van der Waals surface area contributed by atoms with E-state index >= 15 is 0 Å². The standard InChI is InChI=1S/C15H20N2S/c1-3-18-13-7-5-12(6-8-13)14(17-2)15(11-16)9-4-10-15/h5-8,14,17H,3-4,9-10H2,1-2H3. The molecule has 18 heavy (non-hydrogen) atoms. The lowest BCUT2D eigenvalue weighted by Gasteiger charge is -2.42. The van der Waals surface area contributed by atoms with Crippen LogP contribution in [0.15, 0.2) is 29.2 Å². The molecule has 0 spiro atoms. The van der Waals surface area contributed by atoms with E-state index in [4.69, 9.17) is 0 Å². The van der Waals surface area contributed by atoms with Crippen molar-refractivity contribution in [1.29, 1.82) is 5.26 Å². The number of nitrogens with one attached hydrogen (secondary N) is 1. The van der Waals surface area contributed by atoms with Gasteiger partial charge in [-0.2, -0.15) is 5.26 Å². The molecule has 0 heterocycles. The van der Waals surface area contributed by atoms with Crippen molar-refractivity contribution in [3.8, 4) is 6.07 Å². The molecular weight excluding hydrogens is 240 g/mol. The second kappa shape index (κ2) is 5.77. The molecule has 1 N–H and O–H groups in total. The van der Waals surface area contributed by atoms with Gasteiger partial charge in [-0.05, 0) is 43.3 Å². The number of rotatable bonds is 5. The fourth-order valence-electron chi connectivity index (χ4n) is 2.71. The Morgan fingerprint density at radius 2 is 2.06 bits per heavy atom. The van der Waals surface area contributed by atoms with Crippen molar-refractivity contribution in [3.05, 3.63) is 29.8 Å². The van der Waals surface area contributed by atoms with E-state index in [-0.39, 0.29) is 11.5 Å². The van der Waals surface area contributed by atoms with E-state index in [1.807, 2.05) is 18.8 Å². The lowest BCUT2D eigenvalue weighted by atomic mass is 9.63. The van der Waals surface area contributed by atoms with Gasteiger partial charge < -0.3 is 5.32 Å². The summed E-state index contributed by atoms with van der Waals surface area (Å²) in [6.07, 6.45) is 3.20. The molecule has 1 unspecified atom stereocenters. The Kier molecular flexibility index (Phi) is 4.31. The van der Waals surface area contributed by atoms with E-state index in [0.29, 0.717) is 0 Å². The van der Waals surface area contributed by atoms with Crippen molar-refractivity contribution < 1.29 is 0 Å². The maximum absolute atomic E-state index is 9.44. The SMILES string of the molecule is CCSc1ccc(C(NC)C2(C#N)CCC2)cc1. The highest BCUT2D eigenvalue weighted by Crippen LogP contribution is 2.49. The zero-order valence-electron chi connectivity index (χ0n) is 11.1. The largest absolute Gasteiger partial charge is 0.312 e. The van der Waals surface area contributed by atoms with Gasteiger partial charge in [0.15, 0.2) is 0 Å². The predicted molar refractivity (Wildman–Crippen MR) is 76.5 cm³/mol. The van der Waals surface area contributed by atoms with Gasteiger partial charge in [0.25, 0.3) is 0 Å². The molecule has 0 amide bonds. The minimum atomic E-state index is -0.186. The van der Waals surface area contributed by atoms with Crippen LogP contribution < -0.4 is 5.32 Å². The highest BCUT2D eigenvalue weighted by Gasteiger charge is 2.44. The van der Waals surface area contributed by atoms with Crippen molar-refractivity contribution in [2.45, 2.75) is 37.1 Å². The molecule has 96 valence electrons. The highest BCUT2D eigenvalue weighted by molar-refractivity contribution is 7.99. The molecule has 3 heteroatoms. The Bertz CT molecular complexity index is 429. The van der Waals surface area contributed by atoms with Gasteiger partial charge in [0.2, 0.25) is 0 Å². The summed E-state index contributed by atoms with van der Waals surface area (Å²) in [6, 6.07) is 11.4. The van der Waals surface area contributed by atoms with Gasteiger partial charge in [0, 0.05) is 4.90 Å². The Labute approximate surface area is 114 Å². The molecule has 1 fully saturated rings. The summed E-state index contributed by atoms with van der Waals surface area (Å²) < 4.78 is 0. The van der Waals surface area contributed by atoms with Crippen LogP contribution in [0.5, 0.6) is 0 Å². The van der Waals surface area contributed by atoms with E-state index in [1.165, 1.54) is 16.9 Å². The molecule has 0 aromatic heterocycles. The van der Waals surface area contributed by atoms with Crippen molar-refractivity contribution in [2.24, 2.45) is 5.41 Å². The first-order valence-electron chi connectivity index (χ1n) is 6.57. The average Bonchev–Trinajstić information content (AvgIpc) is 2.35. The second-order valence-electron chi connectivity index (χ2n) is 4.85. The van der Waals surface area contributed by atoms with Crippen LogP contribution in [-0.4, -0.2) is 12.8 Å². The molecule has 2 rings (SSSR count). The normalized spacial score (nSPS) is 18.7. The highest BCUT2D eigenvalue weighted by atomic mass is 32.2. The van der Waals surface area contributed by atoms with Crippen molar-refractivity contribution in [1.82, 2.24) is 5.32 Å². The van der Waals surface area contributed by atoms with Crippen molar-refractivity contribution in [3.63, 3.8) is 0 Å². The van der Waals surface area contributed by atoms with E-state index in [9.17, 15) is 5.26 Å². The fourth-order valence-corrected chi connectivity index (χ4v) is 3.37. The molecule has 1 aromatic rings. The summed E-state index contributed by atoms with van der Waals surface area (Å²) in [5.41, 5.74) is 1.05. The summed E-state index contributed by atoms with van der Waals surface area (Å²) in [6.45, 7) is 2.16. The number of nitrogens with zero attached hydrogens (tertiary/aromatic N) is 1. The minimum absolute atomic E-state index is 0.164. The second-order valence-corrected chi connectivity index (χ2v) is 6.18. The van der Waals surface area contributed by atoms with Crippen molar-refractivity contribution >= 4 is 11.8 Å². The zero-order chi connectivity index (χ0) is 13.0. The summed E-state index contributed by atoms with van der Waals surface area (Å²) in [7, 11) is 1.96. The van der Waals surface area contributed by atoms with Crippen LogP contribution >= 0.6 is 11.8 Å². The molecule has 0 saturated heterocycles.